The van der Waals surface area contributed by atoms with Gasteiger partial charge in [-0.3, -0.25) is 9.59 Å². The summed E-state index contributed by atoms with van der Waals surface area (Å²) in [6.07, 6.45) is 1.28. The minimum atomic E-state index is -0.598. The molecular formula is C12H16N2O4. The number of ether oxygens (including phenoxy) is 2. The first kappa shape index (κ1) is 12.8. The molecule has 2 rings (SSSR count). The Hall–Kier alpha value is -1.66. The number of carbonyl (C=O) groups excluding carboxylic acids is 1. The van der Waals surface area contributed by atoms with E-state index in [1.165, 1.54) is 12.3 Å². The second-order valence-electron chi connectivity index (χ2n) is 4.60. The smallest absolute Gasteiger partial charge is 0.251 e. The SMILES string of the molecule is CC1(C)OCC(CNC(=O)c2cc[nH]c(=O)c2)O1. The van der Waals surface area contributed by atoms with Crippen LogP contribution in [0.15, 0.2) is 23.1 Å². The van der Waals surface area contributed by atoms with Crippen LogP contribution in [-0.4, -0.2) is 35.9 Å². The first-order valence-corrected chi connectivity index (χ1v) is 5.75. The second kappa shape index (κ2) is 4.91. The van der Waals surface area contributed by atoms with Gasteiger partial charge < -0.3 is 19.8 Å². The first-order valence-electron chi connectivity index (χ1n) is 5.75. The molecule has 0 bridgehead atoms. The van der Waals surface area contributed by atoms with Crippen LogP contribution < -0.4 is 10.9 Å². The summed E-state index contributed by atoms with van der Waals surface area (Å²) >= 11 is 0. The highest BCUT2D eigenvalue weighted by molar-refractivity contribution is 5.93. The quantitative estimate of drug-likeness (QED) is 0.808. The maximum Gasteiger partial charge on any atom is 0.251 e. The van der Waals surface area contributed by atoms with Crippen molar-refractivity contribution < 1.29 is 14.3 Å². The van der Waals surface area contributed by atoms with Gasteiger partial charge in [0.15, 0.2) is 5.79 Å². The molecule has 0 radical (unpaired) electrons. The minimum Gasteiger partial charge on any atom is -0.349 e. The highest BCUT2D eigenvalue weighted by Crippen LogP contribution is 2.21. The van der Waals surface area contributed by atoms with Crippen molar-refractivity contribution in [2.24, 2.45) is 0 Å². The molecular weight excluding hydrogens is 236 g/mol. The molecule has 1 saturated heterocycles. The van der Waals surface area contributed by atoms with Crippen molar-refractivity contribution >= 4 is 5.91 Å². The van der Waals surface area contributed by atoms with Gasteiger partial charge in [-0.1, -0.05) is 0 Å². The molecule has 98 valence electrons. The van der Waals surface area contributed by atoms with E-state index in [9.17, 15) is 9.59 Å². The number of aromatic amines is 1. The zero-order valence-electron chi connectivity index (χ0n) is 10.4. The maximum atomic E-state index is 11.8. The van der Waals surface area contributed by atoms with E-state index in [0.717, 1.165) is 0 Å². The minimum absolute atomic E-state index is 0.161. The van der Waals surface area contributed by atoms with Crippen LogP contribution >= 0.6 is 0 Å². The van der Waals surface area contributed by atoms with E-state index in [1.807, 2.05) is 13.8 Å². The summed E-state index contributed by atoms with van der Waals surface area (Å²) in [5.41, 5.74) is 0.0289. The van der Waals surface area contributed by atoms with Crippen molar-refractivity contribution in [3.63, 3.8) is 0 Å². The third-order valence-electron chi connectivity index (χ3n) is 2.59. The number of H-pyrrole nitrogens is 1. The summed E-state index contributed by atoms with van der Waals surface area (Å²) in [6.45, 7) is 4.45. The average Bonchev–Trinajstić information content (AvgIpc) is 2.66. The van der Waals surface area contributed by atoms with Crippen molar-refractivity contribution in [2.75, 3.05) is 13.2 Å². The van der Waals surface area contributed by atoms with Crippen molar-refractivity contribution in [1.82, 2.24) is 10.3 Å². The van der Waals surface area contributed by atoms with Crippen LogP contribution in [0, 0.1) is 0 Å². The van der Waals surface area contributed by atoms with E-state index in [-0.39, 0.29) is 17.6 Å². The highest BCUT2D eigenvalue weighted by Gasteiger charge is 2.32. The number of hydrogen-bond acceptors (Lipinski definition) is 4. The number of pyridine rings is 1. The molecule has 1 fully saturated rings. The van der Waals surface area contributed by atoms with Crippen LogP contribution in [0.1, 0.15) is 24.2 Å². The third-order valence-corrected chi connectivity index (χ3v) is 2.59. The Morgan fingerprint density at radius 3 is 3.00 bits per heavy atom. The van der Waals surface area contributed by atoms with E-state index in [2.05, 4.69) is 10.3 Å². The Morgan fingerprint density at radius 1 is 1.61 bits per heavy atom. The lowest BCUT2D eigenvalue weighted by Crippen LogP contribution is -2.34. The van der Waals surface area contributed by atoms with Gasteiger partial charge in [0.2, 0.25) is 5.56 Å². The summed E-state index contributed by atoms with van der Waals surface area (Å²) in [7, 11) is 0. The molecule has 0 spiro atoms. The fourth-order valence-electron chi connectivity index (χ4n) is 1.76. The van der Waals surface area contributed by atoms with Crippen LogP contribution in [0.2, 0.25) is 0 Å². The number of hydrogen-bond donors (Lipinski definition) is 2. The van der Waals surface area contributed by atoms with E-state index >= 15 is 0 Å². The van der Waals surface area contributed by atoms with E-state index in [1.54, 1.807) is 6.07 Å². The molecule has 18 heavy (non-hydrogen) atoms. The molecule has 0 saturated carbocycles. The lowest BCUT2D eigenvalue weighted by atomic mass is 10.2. The maximum absolute atomic E-state index is 11.8. The summed E-state index contributed by atoms with van der Waals surface area (Å²) in [6, 6.07) is 2.80. The Balaban J connectivity index is 1.88. The monoisotopic (exact) mass is 252 g/mol. The lowest BCUT2D eigenvalue weighted by Gasteiger charge is -2.17. The fraction of sp³-hybridized carbons (Fsp3) is 0.500. The lowest BCUT2D eigenvalue weighted by molar-refractivity contribution is -0.137. The summed E-state index contributed by atoms with van der Waals surface area (Å²) in [5, 5.41) is 2.71. The fourth-order valence-corrected chi connectivity index (χ4v) is 1.76. The Morgan fingerprint density at radius 2 is 2.39 bits per heavy atom. The molecule has 2 heterocycles. The Kier molecular flexibility index (Phi) is 3.49. The zero-order chi connectivity index (χ0) is 13.2. The summed E-state index contributed by atoms with van der Waals surface area (Å²) < 4.78 is 10.9. The number of aromatic nitrogens is 1. The zero-order valence-corrected chi connectivity index (χ0v) is 10.4. The number of nitrogens with one attached hydrogen (secondary N) is 2. The molecule has 1 aliphatic rings. The van der Waals surface area contributed by atoms with Crippen LogP contribution in [-0.2, 0) is 9.47 Å². The van der Waals surface area contributed by atoms with E-state index in [0.29, 0.717) is 18.7 Å². The van der Waals surface area contributed by atoms with Gasteiger partial charge in [0.05, 0.1) is 6.61 Å². The van der Waals surface area contributed by atoms with Gasteiger partial charge in [-0.05, 0) is 19.9 Å². The average molecular weight is 252 g/mol. The van der Waals surface area contributed by atoms with Crippen molar-refractivity contribution in [3.05, 3.63) is 34.2 Å². The van der Waals surface area contributed by atoms with E-state index < -0.39 is 5.79 Å². The normalized spacial score (nSPS) is 21.8. The molecule has 1 aromatic rings. The Bertz CT molecular complexity index is 495. The van der Waals surface area contributed by atoms with Crippen molar-refractivity contribution in [3.8, 4) is 0 Å². The molecule has 6 nitrogen and oxygen atoms in total. The molecule has 1 amide bonds. The summed E-state index contributed by atoms with van der Waals surface area (Å²) in [5.74, 6) is -0.895. The third kappa shape index (κ3) is 3.18. The highest BCUT2D eigenvalue weighted by atomic mass is 16.7. The van der Waals surface area contributed by atoms with Gasteiger partial charge in [-0.2, -0.15) is 0 Å². The van der Waals surface area contributed by atoms with Gasteiger partial charge >= 0.3 is 0 Å². The molecule has 1 aliphatic heterocycles. The Labute approximate surface area is 104 Å². The number of carbonyl (C=O) groups is 1. The number of rotatable bonds is 3. The second-order valence-corrected chi connectivity index (χ2v) is 4.60. The van der Waals surface area contributed by atoms with Gasteiger partial charge in [0, 0.05) is 24.4 Å². The van der Waals surface area contributed by atoms with Gasteiger partial charge in [-0.15, -0.1) is 0 Å². The van der Waals surface area contributed by atoms with Gasteiger partial charge in [0.1, 0.15) is 6.10 Å². The van der Waals surface area contributed by atoms with Crippen LogP contribution in [0.3, 0.4) is 0 Å². The van der Waals surface area contributed by atoms with Crippen LogP contribution in [0.25, 0.3) is 0 Å². The standard InChI is InChI=1S/C12H16N2O4/c1-12(2)17-7-9(18-12)6-14-11(16)8-3-4-13-10(15)5-8/h3-5,9H,6-7H2,1-2H3,(H,13,15)(H,14,16). The van der Waals surface area contributed by atoms with Crippen molar-refractivity contribution in [2.45, 2.75) is 25.7 Å². The van der Waals surface area contributed by atoms with Crippen LogP contribution in [0.5, 0.6) is 0 Å². The van der Waals surface area contributed by atoms with Gasteiger partial charge in [0.25, 0.3) is 5.91 Å². The molecule has 0 aromatic carbocycles. The first-order chi connectivity index (χ1) is 8.46. The van der Waals surface area contributed by atoms with Gasteiger partial charge in [-0.25, -0.2) is 0 Å². The summed E-state index contributed by atoms with van der Waals surface area (Å²) in [4.78, 5) is 25.3. The molecule has 0 aliphatic carbocycles. The van der Waals surface area contributed by atoms with E-state index in [4.69, 9.17) is 9.47 Å². The topological polar surface area (TPSA) is 80.4 Å². The predicted molar refractivity (Wildman–Crippen MR) is 64.3 cm³/mol. The molecule has 1 aromatic heterocycles. The molecule has 6 heteroatoms. The van der Waals surface area contributed by atoms with Crippen LogP contribution in [0.4, 0.5) is 0 Å². The molecule has 1 atom stereocenters. The van der Waals surface area contributed by atoms with Crippen molar-refractivity contribution in [1.29, 1.82) is 0 Å². The number of amides is 1. The predicted octanol–water partition coefficient (Wildman–Crippen LogP) is 0.256. The molecule has 1 unspecified atom stereocenters. The largest absolute Gasteiger partial charge is 0.349 e. The molecule has 2 N–H and O–H groups in total.